The molecule has 5 N–H and O–H groups in total. The average Bonchev–Trinajstić information content (AvgIpc) is 1.51. The summed E-state index contributed by atoms with van der Waals surface area (Å²) in [7, 11) is 0. The van der Waals surface area contributed by atoms with Crippen LogP contribution < -0.4 is 21.3 Å². The van der Waals surface area contributed by atoms with Gasteiger partial charge in [-0.05, 0) is 123 Å². The van der Waals surface area contributed by atoms with Gasteiger partial charge in [-0.1, -0.05) is 83.4 Å². The molecule has 24 nitrogen and oxygen atoms in total. The van der Waals surface area contributed by atoms with Gasteiger partial charge in [0.1, 0.15) is 74.6 Å². The molecule has 28 heteroatoms. The molecule has 11 rings (SSSR count). The Bertz CT molecular complexity index is 3380. The van der Waals surface area contributed by atoms with E-state index in [0.29, 0.717) is 60.8 Å². The van der Waals surface area contributed by atoms with Crippen molar-refractivity contribution >= 4 is 83.1 Å². The Morgan fingerprint density at radius 3 is 1.56 bits per heavy atom. The summed E-state index contributed by atoms with van der Waals surface area (Å²) in [5.74, 6) is -6.18. The first-order valence-electron chi connectivity index (χ1n) is 33.0. The van der Waals surface area contributed by atoms with Gasteiger partial charge in [0.2, 0.25) is 23.6 Å². The van der Waals surface area contributed by atoms with E-state index in [0.717, 1.165) is 25.7 Å². The third-order valence-electron chi connectivity index (χ3n) is 19.3. The lowest BCUT2D eigenvalue weighted by Crippen LogP contribution is -2.56. The number of benzene rings is 2. The number of carbonyl (C=O) groups is 10. The third kappa shape index (κ3) is 17.0. The molecule has 3 saturated heterocycles. The van der Waals surface area contributed by atoms with Crippen LogP contribution in [0.25, 0.3) is 0 Å². The second kappa shape index (κ2) is 29.9. The summed E-state index contributed by atoms with van der Waals surface area (Å²) >= 11 is 13.3. The van der Waals surface area contributed by atoms with Crippen molar-refractivity contribution in [1.29, 1.82) is 0 Å². The molecule has 6 fully saturated rings. The number of alkyl halides is 2. The smallest absolute Gasteiger partial charge is 0.410 e. The summed E-state index contributed by atoms with van der Waals surface area (Å²) in [6.45, 7) is 12.1. The third-order valence-corrected chi connectivity index (χ3v) is 20.3. The highest BCUT2D eigenvalue weighted by molar-refractivity contribution is 6.51. The van der Waals surface area contributed by atoms with Crippen LogP contribution >= 0.6 is 23.2 Å². The topological polar surface area (TPSA) is 298 Å². The average molecular weight is 1400 g/mol. The molecule has 0 spiro atoms. The molecule has 0 bridgehead atoms. The van der Waals surface area contributed by atoms with Crippen LogP contribution in [0.1, 0.15) is 175 Å². The number of nitrogens with zero attached hydrogens (tertiary/aromatic N) is 4. The summed E-state index contributed by atoms with van der Waals surface area (Å²) in [5.41, 5.74) is -2.33. The molecular formula is C69H94Cl2F2N8O16. The number of ether oxygens (including phenoxy) is 5. The first kappa shape index (κ1) is 75.3. The highest BCUT2D eigenvalue weighted by atomic mass is 35.5. The van der Waals surface area contributed by atoms with E-state index in [1.807, 2.05) is 12.2 Å². The van der Waals surface area contributed by atoms with Crippen LogP contribution in [0.4, 0.5) is 28.0 Å². The van der Waals surface area contributed by atoms with E-state index in [2.05, 4.69) is 21.3 Å². The second-order valence-corrected chi connectivity index (χ2v) is 29.9. The monoisotopic (exact) mass is 1400 g/mol. The molecule has 3 aliphatic carbocycles. The zero-order chi connectivity index (χ0) is 68.7. The maximum Gasteiger partial charge on any atom is 0.410 e. The number of carboxylic acid groups (broad SMARTS) is 1. The molecule has 6 aliphatic heterocycles. The van der Waals surface area contributed by atoms with Crippen LogP contribution in [0.2, 0.25) is 0 Å². The Morgan fingerprint density at radius 1 is 0.639 bits per heavy atom. The number of carbonyl (C=O) groups excluding carboxylic acids is 9. The summed E-state index contributed by atoms with van der Waals surface area (Å²) in [4.78, 5) is 139. The SMILES string of the molecule is C.C.CC(C)(C)OC(=O)N[C@H]1CCCCCC2C([C@@H]3C[C@@]3(C(=O)O)NC(=O)[C@@H]3C[C@@H](OC(=O)N4Cc5cccc(F)c5C4)CN3C1=O)C2(Cl)Cl.CCOC(=O)[C@@]12C[C@H]1/C=C\CCCCC[C@H](NC(=O)OC(C)(C)C)C(=O)N1C[C@H](OC(=O)N3Cc4cccc(F)c4C3)C[C@H]1C(=O)N2. The number of rotatable bonds is 7. The number of carboxylic acids is 1. The lowest BCUT2D eigenvalue weighted by atomic mass is 10.0. The van der Waals surface area contributed by atoms with Crippen LogP contribution in [0.15, 0.2) is 48.6 Å². The highest BCUT2D eigenvalue weighted by Crippen LogP contribution is 2.71. The van der Waals surface area contributed by atoms with Gasteiger partial charge in [-0.2, -0.15) is 0 Å². The Morgan fingerprint density at radius 2 is 1.10 bits per heavy atom. The highest BCUT2D eigenvalue weighted by Gasteiger charge is 2.77. The van der Waals surface area contributed by atoms with Crippen LogP contribution in [-0.2, 0) is 78.6 Å². The summed E-state index contributed by atoms with van der Waals surface area (Å²) in [6.07, 6.45) is 5.70. The maximum absolute atomic E-state index is 14.3. The molecule has 2 aromatic rings. The lowest BCUT2D eigenvalue weighted by Gasteiger charge is -2.30. The van der Waals surface area contributed by atoms with E-state index in [-0.39, 0.29) is 104 Å². The Hall–Kier alpha value is -7.48. The van der Waals surface area contributed by atoms with Crippen LogP contribution in [0, 0.1) is 35.3 Å². The summed E-state index contributed by atoms with van der Waals surface area (Å²) < 4.78 is 55.4. The van der Waals surface area contributed by atoms with E-state index in [1.54, 1.807) is 72.7 Å². The first-order chi connectivity index (χ1) is 44.8. The molecule has 9 aliphatic rings. The zero-order valence-corrected chi connectivity index (χ0v) is 56.1. The van der Waals surface area contributed by atoms with Crippen molar-refractivity contribution in [3.05, 3.63) is 82.4 Å². The van der Waals surface area contributed by atoms with Crippen LogP contribution in [0.3, 0.4) is 0 Å². The molecule has 2 aromatic carbocycles. The van der Waals surface area contributed by atoms with Gasteiger partial charge in [-0.25, -0.2) is 37.5 Å². The fraction of sp³-hybridized carbons (Fsp3) is 0.652. The van der Waals surface area contributed by atoms with Crippen molar-refractivity contribution in [2.75, 3.05) is 19.7 Å². The van der Waals surface area contributed by atoms with Gasteiger partial charge in [0.15, 0.2) is 0 Å². The van der Waals surface area contributed by atoms with E-state index >= 15 is 0 Å². The molecule has 534 valence electrons. The number of hydrogen-bond acceptors (Lipinski definition) is 15. The van der Waals surface area contributed by atoms with E-state index < -0.39 is 140 Å². The predicted molar refractivity (Wildman–Crippen MR) is 351 cm³/mol. The molecule has 8 amide bonds. The van der Waals surface area contributed by atoms with Crippen molar-refractivity contribution < 1.29 is 85.5 Å². The molecule has 97 heavy (non-hydrogen) atoms. The lowest BCUT2D eigenvalue weighted by molar-refractivity contribution is -0.150. The Balaban J connectivity index is 0.000000243. The fourth-order valence-corrected chi connectivity index (χ4v) is 15.2. The van der Waals surface area contributed by atoms with Crippen LogP contribution in [-0.4, -0.2) is 167 Å². The van der Waals surface area contributed by atoms with Gasteiger partial charge in [0, 0.05) is 54.8 Å². The molecule has 3 saturated carbocycles. The number of alkyl carbamates (subject to hydrolysis) is 2. The van der Waals surface area contributed by atoms with Gasteiger partial charge in [-0.15, -0.1) is 23.2 Å². The quantitative estimate of drug-likeness (QED) is 0.0745. The van der Waals surface area contributed by atoms with Crippen molar-refractivity contribution in [1.82, 2.24) is 40.9 Å². The second-order valence-electron chi connectivity index (χ2n) is 28.4. The number of halogens is 4. The van der Waals surface area contributed by atoms with E-state index in [4.69, 9.17) is 46.9 Å². The standard InChI is InChI=1S/C34H45FN4O8.C33H41Cl2FN4O8.2CH4/c1-5-45-30(42)34-17-22(34)13-9-7-6-8-10-15-26(36-31(43)47-33(2,3)4)29(41)39-19-23(16-27(39)28(40)37-34)46-32(44)38-18-21-12-11-14-25(35)24(21)20-38;1-31(2,3)48-29(45)37-23-11-6-4-5-9-20-25(33(20,34)35)21-13-32(21,28(43)44)38-26(41)24-12-18(15-40(24)27(23)42)47-30(46)39-14-17-8-7-10-22(36)19(17)16-39;;/h9,11-14,22-23,26-27H,5-8,10,15-20H2,1-4H3,(H,36,43)(H,37,40);7-8,10,18,20-21,23-25H,4-6,9,11-16H2,1-3H3,(H,37,45)(H,38,41)(H,43,44);2*1H4/b13-9-;;;/t22-,23-,26+,27+,34-;18-,20?,21+,23+,24+,25?,32-;;/m11../s1. The van der Waals surface area contributed by atoms with Gasteiger partial charge >= 0.3 is 36.3 Å². The number of aliphatic carboxylic acids is 1. The minimum Gasteiger partial charge on any atom is -0.479 e. The van der Waals surface area contributed by atoms with Gasteiger partial charge in [0.05, 0.1) is 32.8 Å². The largest absolute Gasteiger partial charge is 0.479 e. The molecule has 12 atom stereocenters. The van der Waals surface area contributed by atoms with Crippen molar-refractivity contribution in [2.24, 2.45) is 23.7 Å². The first-order valence-corrected chi connectivity index (χ1v) is 33.7. The summed E-state index contributed by atoms with van der Waals surface area (Å²) in [5, 5.41) is 21.2. The molecule has 0 aromatic heterocycles. The number of hydrogen-bond donors (Lipinski definition) is 5. The van der Waals surface area contributed by atoms with E-state index in [1.165, 1.54) is 31.7 Å². The molecule has 0 radical (unpaired) electrons. The summed E-state index contributed by atoms with van der Waals surface area (Å²) in [6, 6.07) is 4.91. The minimum atomic E-state index is -1.60. The van der Waals surface area contributed by atoms with E-state index in [9.17, 15) is 61.8 Å². The number of esters is 1. The minimum absolute atomic E-state index is 0. The molecule has 6 heterocycles. The molecule has 2 unspecified atom stereocenters. The van der Waals surface area contributed by atoms with Crippen molar-refractivity contribution in [2.45, 2.75) is 242 Å². The Kier molecular flexibility index (Phi) is 23.2. The molecular weight excluding hydrogens is 1310 g/mol. The fourth-order valence-electron chi connectivity index (χ4n) is 14.3. The van der Waals surface area contributed by atoms with Gasteiger partial charge < -0.3 is 59.9 Å². The zero-order valence-electron chi connectivity index (χ0n) is 54.6. The number of fused-ring (bicyclic) bond motifs is 8. The predicted octanol–water partition coefficient (Wildman–Crippen LogP) is 9.86. The normalized spacial score (nSPS) is 30.0. The van der Waals surface area contributed by atoms with Gasteiger partial charge in [-0.3, -0.25) is 29.0 Å². The van der Waals surface area contributed by atoms with Gasteiger partial charge in [0.25, 0.3) is 0 Å². The van der Waals surface area contributed by atoms with Crippen molar-refractivity contribution in [3.63, 3.8) is 0 Å². The maximum atomic E-state index is 14.3. The number of amides is 8. The van der Waals surface area contributed by atoms with Crippen LogP contribution in [0.5, 0.6) is 0 Å². The van der Waals surface area contributed by atoms with Crippen molar-refractivity contribution in [3.8, 4) is 0 Å². The number of nitrogens with one attached hydrogen (secondary N) is 4. The Labute approximate surface area is 575 Å². The number of allylic oxidation sites excluding steroid dienone is 1.